The Morgan fingerprint density at radius 3 is 2.44 bits per heavy atom. The van der Waals surface area contributed by atoms with Crippen LogP contribution in [0.2, 0.25) is 0 Å². The van der Waals surface area contributed by atoms with E-state index in [4.69, 9.17) is 4.98 Å². The van der Waals surface area contributed by atoms with Gasteiger partial charge in [-0.3, -0.25) is 4.57 Å². The molecule has 0 aliphatic carbocycles. The van der Waals surface area contributed by atoms with E-state index in [1.54, 1.807) is 0 Å². The van der Waals surface area contributed by atoms with Crippen molar-refractivity contribution in [3.05, 3.63) is 100 Å². The second-order valence-electron chi connectivity index (χ2n) is 6.50. The lowest BCUT2D eigenvalue weighted by Crippen LogP contribution is -2.19. The number of hydrogen-bond donors (Lipinski definition) is 1. The smallest absolute Gasteiger partial charge is 0.209 e. The molecule has 3 nitrogen and oxygen atoms in total. The highest BCUT2D eigenvalue weighted by Gasteiger charge is 2.25. The van der Waals surface area contributed by atoms with Crippen molar-refractivity contribution in [3.8, 4) is 0 Å². The van der Waals surface area contributed by atoms with Crippen molar-refractivity contribution in [2.75, 3.05) is 5.32 Å². The van der Waals surface area contributed by atoms with Crippen LogP contribution in [-0.4, -0.2) is 9.55 Å². The minimum atomic E-state index is -0.236. The predicted octanol–water partition coefficient (Wildman–Crippen LogP) is 5.99. The van der Waals surface area contributed by atoms with E-state index in [9.17, 15) is 4.39 Å². The van der Waals surface area contributed by atoms with Crippen molar-refractivity contribution in [2.24, 2.45) is 0 Å². The van der Waals surface area contributed by atoms with E-state index < -0.39 is 0 Å². The number of allylic oxidation sites excluding steroid dienone is 1. The minimum Gasteiger partial charge on any atom is -0.325 e. The number of benzene rings is 3. The zero-order chi connectivity index (χ0) is 18.4. The quantitative estimate of drug-likeness (QED) is 0.432. The van der Waals surface area contributed by atoms with Gasteiger partial charge in [-0.05, 0) is 53.6 Å². The van der Waals surface area contributed by atoms with Gasteiger partial charge >= 0.3 is 0 Å². The van der Waals surface area contributed by atoms with Gasteiger partial charge in [0.15, 0.2) is 0 Å². The molecule has 5 heteroatoms. The van der Waals surface area contributed by atoms with Gasteiger partial charge in [-0.15, -0.1) is 0 Å². The maximum atomic E-state index is 13.5. The molecule has 0 radical (unpaired) electrons. The fourth-order valence-electron chi connectivity index (χ4n) is 3.51. The second kappa shape index (κ2) is 6.35. The summed E-state index contributed by atoms with van der Waals surface area (Å²) in [6.07, 6.45) is 2.16. The summed E-state index contributed by atoms with van der Waals surface area (Å²) in [5.41, 5.74) is 5.04. The van der Waals surface area contributed by atoms with Crippen LogP contribution in [0, 0.1) is 5.82 Å². The summed E-state index contributed by atoms with van der Waals surface area (Å²) in [6, 6.07) is 22.8. The number of anilines is 1. The van der Waals surface area contributed by atoms with Crippen LogP contribution in [0.25, 0.3) is 16.7 Å². The number of nitrogens with one attached hydrogen (secondary N) is 1. The Labute approximate surface area is 164 Å². The van der Waals surface area contributed by atoms with E-state index in [-0.39, 0.29) is 11.9 Å². The Kier molecular flexibility index (Phi) is 3.83. The number of halogens is 2. The van der Waals surface area contributed by atoms with Gasteiger partial charge in [-0.1, -0.05) is 52.3 Å². The van der Waals surface area contributed by atoms with Crippen LogP contribution in [0.3, 0.4) is 0 Å². The number of para-hydroxylation sites is 2. The van der Waals surface area contributed by atoms with Gasteiger partial charge < -0.3 is 5.32 Å². The molecule has 1 aromatic heterocycles. The number of nitrogens with zero attached hydrogens (tertiary/aromatic N) is 2. The molecule has 0 unspecified atom stereocenters. The molecule has 5 rings (SSSR count). The highest BCUT2D eigenvalue weighted by atomic mass is 79.9. The largest absolute Gasteiger partial charge is 0.325 e. The van der Waals surface area contributed by atoms with E-state index >= 15 is 0 Å². The van der Waals surface area contributed by atoms with E-state index in [2.05, 4.69) is 50.1 Å². The first-order chi connectivity index (χ1) is 13.2. The molecule has 1 N–H and O–H groups in total. The van der Waals surface area contributed by atoms with Crippen LogP contribution < -0.4 is 5.32 Å². The van der Waals surface area contributed by atoms with Gasteiger partial charge in [0.25, 0.3) is 0 Å². The first-order valence-corrected chi connectivity index (χ1v) is 9.45. The number of fused-ring (bicyclic) bond motifs is 3. The molecular formula is C22H15BrFN3. The molecule has 1 aliphatic rings. The lowest BCUT2D eigenvalue weighted by atomic mass is 10.0. The SMILES string of the molecule is Fc1ccc([C@H]2C=C(c3ccc(Br)cc3)Nc3nc4ccccc4n32)cc1. The summed E-state index contributed by atoms with van der Waals surface area (Å²) < 4.78 is 16.7. The van der Waals surface area contributed by atoms with E-state index in [1.807, 2.05) is 42.5 Å². The lowest BCUT2D eigenvalue weighted by molar-refractivity contribution is 0.624. The van der Waals surface area contributed by atoms with E-state index in [0.717, 1.165) is 38.3 Å². The van der Waals surface area contributed by atoms with Crippen LogP contribution in [0.1, 0.15) is 17.2 Å². The average molecular weight is 420 g/mol. The molecule has 0 spiro atoms. The molecule has 0 saturated carbocycles. The molecular weight excluding hydrogens is 405 g/mol. The van der Waals surface area contributed by atoms with Crippen molar-refractivity contribution in [3.63, 3.8) is 0 Å². The van der Waals surface area contributed by atoms with Crippen molar-refractivity contribution < 1.29 is 4.39 Å². The molecule has 0 saturated heterocycles. The standard InChI is InChI=1S/C22H15BrFN3/c23-16-9-5-14(6-10-16)19-13-21(15-7-11-17(24)12-8-15)27-20-4-2-1-3-18(20)25-22(27)26-19/h1-13,21H,(H,25,26)/t21-/m1/s1. The van der Waals surface area contributed by atoms with Crippen LogP contribution in [0.5, 0.6) is 0 Å². The van der Waals surface area contributed by atoms with Gasteiger partial charge in [-0.25, -0.2) is 9.37 Å². The molecule has 27 heavy (non-hydrogen) atoms. The van der Waals surface area contributed by atoms with E-state index in [0.29, 0.717) is 0 Å². The van der Waals surface area contributed by atoms with Gasteiger partial charge in [0, 0.05) is 10.2 Å². The van der Waals surface area contributed by atoms with Crippen molar-refractivity contribution in [1.82, 2.24) is 9.55 Å². The molecule has 4 aromatic rings. The summed E-state index contributed by atoms with van der Waals surface area (Å²) in [4.78, 5) is 4.77. The van der Waals surface area contributed by atoms with Crippen molar-refractivity contribution >= 4 is 38.6 Å². The molecule has 0 amide bonds. The fraction of sp³-hybridized carbons (Fsp3) is 0.0455. The van der Waals surface area contributed by atoms with Crippen molar-refractivity contribution in [2.45, 2.75) is 6.04 Å². The molecule has 2 heterocycles. The molecule has 3 aromatic carbocycles. The predicted molar refractivity (Wildman–Crippen MR) is 110 cm³/mol. The van der Waals surface area contributed by atoms with Gasteiger partial charge in [0.1, 0.15) is 5.82 Å². The highest BCUT2D eigenvalue weighted by molar-refractivity contribution is 9.10. The first-order valence-electron chi connectivity index (χ1n) is 8.66. The summed E-state index contributed by atoms with van der Waals surface area (Å²) in [5.74, 6) is 0.548. The van der Waals surface area contributed by atoms with Crippen LogP contribution >= 0.6 is 15.9 Å². The Balaban J connectivity index is 1.71. The Morgan fingerprint density at radius 2 is 1.67 bits per heavy atom. The fourth-order valence-corrected chi connectivity index (χ4v) is 3.78. The molecule has 0 bridgehead atoms. The Morgan fingerprint density at radius 1 is 0.926 bits per heavy atom. The van der Waals surface area contributed by atoms with Gasteiger partial charge in [-0.2, -0.15) is 0 Å². The van der Waals surface area contributed by atoms with Gasteiger partial charge in [0.05, 0.1) is 17.1 Å². The van der Waals surface area contributed by atoms with Crippen LogP contribution in [0.15, 0.2) is 83.3 Å². The molecule has 0 fully saturated rings. The minimum absolute atomic E-state index is 0.0760. The number of rotatable bonds is 2. The zero-order valence-electron chi connectivity index (χ0n) is 14.2. The Bertz CT molecular complexity index is 1160. The van der Waals surface area contributed by atoms with E-state index in [1.165, 1.54) is 12.1 Å². The molecule has 1 aliphatic heterocycles. The number of aromatic nitrogens is 2. The summed E-state index contributed by atoms with van der Waals surface area (Å²) in [7, 11) is 0. The third-order valence-electron chi connectivity index (χ3n) is 4.81. The molecule has 132 valence electrons. The normalized spacial score (nSPS) is 15.9. The van der Waals surface area contributed by atoms with Gasteiger partial charge in [0.2, 0.25) is 5.95 Å². The maximum absolute atomic E-state index is 13.5. The Hall–Kier alpha value is -2.92. The van der Waals surface area contributed by atoms with Crippen LogP contribution in [0.4, 0.5) is 10.3 Å². The third kappa shape index (κ3) is 2.84. The first kappa shape index (κ1) is 16.3. The number of imidazole rings is 1. The monoisotopic (exact) mass is 419 g/mol. The summed E-state index contributed by atoms with van der Waals surface area (Å²) in [5, 5.41) is 3.46. The summed E-state index contributed by atoms with van der Waals surface area (Å²) in [6.45, 7) is 0. The van der Waals surface area contributed by atoms with Crippen LogP contribution in [-0.2, 0) is 0 Å². The van der Waals surface area contributed by atoms with Crippen molar-refractivity contribution in [1.29, 1.82) is 0 Å². The summed E-state index contributed by atoms with van der Waals surface area (Å²) >= 11 is 3.48. The number of hydrogen-bond acceptors (Lipinski definition) is 2. The second-order valence-corrected chi connectivity index (χ2v) is 7.42. The maximum Gasteiger partial charge on any atom is 0.209 e. The highest BCUT2D eigenvalue weighted by Crippen LogP contribution is 2.37. The molecule has 1 atom stereocenters. The lowest BCUT2D eigenvalue weighted by Gasteiger charge is -2.26. The third-order valence-corrected chi connectivity index (χ3v) is 5.34. The topological polar surface area (TPSA) is 29.9 Å². The zero-order valence-corrected chi connectivity index (χ0v) is 15.8. The average Bonchev–Trinajstić information content (AvgIpc) is 3.07.